The third-order valence-corrected chi connectivity index (χ3v) is 2.81. The maximum Gasteiger partial charge on any atom is 0.710 e. The minimum atomic E-state index is -1.27. The van der Waals surface area contributed by atoms with Gasteiger partial charge in [0.25, 0.3) is 0 Å². The predicted molar refractivity (Wildman–Crippen MR) is 74.0 cm³/mol. The number of halogens is 1. The maximum atomic E-state index is 9.56. The van der Waals surface area contributed by atoms with E-state index in [1.54, 1.807) is 12.1 Å². The number of benzene rings is 2. The Morgan fingerprint density at radius 1 is 1.00 bits per heavy atom. The zero-order valence-electron chi connectivity index (χ0n) is 9.62. The van der Waals surface area contributed by atoms with Crippen molar-refractivity contribution in [3.8, 4) is 5.75 Å². The smallest absolute Gasteiger partial charge is 0.512 e. The minimum absolute atomic E-state index is 0.293. The second kappa shape index (κ2) is 6.59. The Kier molecular flexibility index (Phi) is 4.81. The number of hydrogen-bond donors (Lipinski definition) is 1. The van der Waals surface area contributed by atoms with Crippen molar-refractivity contribution in [2.24, 2.45) is 0 Å². The Morgan fingerprint density at radius 2 is 1.67 bits per heavy atom. The molecule has 18 heavy (non-hydrogen) atoms. The zero-order chi connectivity index (χ0) is 12.8. The van der Waals surface area contributed by atoms with Gasteiger partial charge in [0, 0.05) is 4.47 Å². The Bertz CT molecular complexity index is 475. The van der Waals surface area contributed by atoms with E-state index in [2.05, 4.69) is 15.9 Å². The second-order valence-electron chi connectivity index (χ2n) is 3.68. The van der Waals surface area contributed by atoms with Gasteiger partial charge < -0.3 is 14.3 Å². The molecular formula is C13H12BBrO3. The van der Waals surface area contributed by atoms with Crippen LogP contribution in [0, 0.1) is 0 Å². The van der Waals surface area contributed by atoms with Crippen molar-refractivity contribution in [3.63, 3.8) is 0 Å². The molecule has 0 fully saturated rings. The van der Waals surface area contributed by atoms with Crippen LogP contribution in [0.4, 0.5) is 0 Å². The van der Waals surface area contributed by atoms with Gasteiger partial charge in [0.1, 0.15) is 5.75 Å². The first-order chi connectivity index (χ1) is 8.74. The molecule has 0 aromatic heterocycles. The lowest BCUT2D eigenvalue weighted by Crippen LogP contribution is -2.25. The third-order valence-electron chi connectivity index (χ3n) is 2.29. The Labute approximate surface area is 115 Å². The topological polar surface area (TPSA) is 38.7 Å². The first-order valence-electron chi connectivity index (χ1n) is 5.50. The van der Waals surface area contributed by atoms with Gasteiger partial charge >= 0.3 is 7.32 Å². The van der Waals surface area contributed by atoms with Gasteiger partial charge in [-0.3, -0.25) is 0 Å². The van der Waals surface area contributed by atoms with Crippen LogP contribution in [-0.2, 0) is 11.3 Å². The lowest BCUT2D eigenvalue weighted by atomic mass is 10.2. The van der Waals surface area contributed by atoms with E-state index in [4.69, 9.17) is 9.31 Å². The van der Waals surface area contributed by atoms with E-state index in [9.17, 15) is 5.02 Å². The Balaban J connectivity index is 1.81. The molecule has 0 aliphatic heterocycles. The van der Waals surface area contributed by atoms with Crippen LogP contribution in [0.1, 0.15) is 5.56 Å². The Hall–Kier alpha value is -1.30. The molecule has 0 atom stereocenters. The molecule has 2 aromatic rings. The SMILES string of the molecule is OB(OCc1ccc(Br)cc1)Oc1ccccc1. The van der Waals surface area contributed by atoms with Gasteiger partial charge in [-0.1, -0.05) is 46.3 Å². The van der Waals surface area contributed by atoms with Gasteiger partial charge in [-0.15, -0.1) is 0 Å². The average Bonchev–Trinajstić information content (AvgIpc) is 2.39. The fourth-order valence-electron chi connectivity index (χ4n) is 1.40. The molecule has 3 nitrogen and oxygen atoms in total. The predicted octanol–water partition coefficient (Wildman–Crippen LogP) is 3.02. The molecule has 2 rings (SSSR count). The highest BCUT2D eigenvalue weighted by atomic mass is 79.9. The summed E-state index contributed by atoms with van der Waals surface area (Å²) in [5.41, 5.74) is 0.967. The molecule has 0 aliphatic rings. The normalized spacial score (nSPS) is 10.1. The molecule has 0 spiro atoms. The molecule has 2 aromatic carbocycles. The summed E-state index contributed by atoms with van der Waals surface area (Å²) in [5, 5.41) is 9.56. The van der Waals surface area contributed by atoms with Crippen LogP contribution >= 0.6 is 15.9 Å². The molecule has 0 saturated heterocycles. The maximum absolute atomic E-state index is 9.56. The summed E-state index contributed by atoms with van der Waals surface area (Å²) in [7, 11) is -1.27. The second-order valence-corrected chi connectivity index (χ2v) is 4.59. The van der Waals surface area contributed by atoms with Crippen molar-refractivity contribution in [2.45, 2.75) is 6.61 Å². The summed E-state index contributed by atoms with van der Waals surface area (Å²) in [5.74, 6) is 0.570. The molecule has 5 heteroatoms. The monoisotopic (exact) mass is 306 g/mol. The molecule has 1 N–H and O–H groups in total. The summed E-state index contributed by atoms with van der Waals surface area (Å²) in [6.07, 6.45) is 0. The van der Waals surface area contributed by atoms with Crippen LogP contribution in [0.2, 0.25) is 0 Å². The van der Waals surface area contributed by atoms with E-state index in [1.807, 2.05) is 42.5 Å². The van der Waals surface area contributed by atoms with Gasteiger partial charge in [-0.25, -0.2) is 0 Å². The summed E-state index contributed by atoms with van der Waals surface area (Å²) < 4.78 is 11.4. The fraction of sp³-hybridized carbons (Fsp3) is 0.0769. The highest BCUT2D eigenvalue weighted by Crippen LogP contribution is 2.12. The van der Waals surface area contributed by atoms with Crippen LogP contribution in [0.25, 0.3) is 0 Å². The first kappa shape index (κ1) is 13.1. The first-order valence-corrected chi connectivity index (χ1v) is 6.29. The van der Waals surface area contributed by atoms with Crippen molar-refractivity contribution in [3.05, 3.63) is 64.6 Å². The van der Waals surface area contributed by atoms with Gasteiger partial charge in [0.2, 0.25) is 0 Å². The minimum Gasteiger partial charge on any atom is -0.512 e. The third kappa shape index (κ3) is 4.18. The van der Waals surface area contributed by atoms with Crippen LogP contribution in [0.3, 0.4) is 0 Å². The summed E-state index contributed by atoms with van der Waals surface area (Å²) in [4.78, 5) is 0. The molecule has 0 saturated carbocycles. The average molecular weight is 307 g/mol. The van der Waals surface area contributed by atoms with Gasteiger partial charge in [-0.2, -0.15) is 0 Å². The van der Waals surface area contributed by atoms with E-state index >= 15 is 0 Å². The Morgan fingerprint density at radius 3 is 2.33 bits per heavy atom. The van der Waals surface area contributed by atoms with Crippen molar-refractivity contribution < 1.29 is 14.3 Å². The number of rotatable bonds is 5. The molecule has 0 heterocycles. The molecular weight excluding hydrogens is 295 g/mol. The summed E-state index contributed by atoms with van der Waals surface area (Å²) in [6, 6.07) is 16.7. The van der Waals surface area contributed by atoms with E-state index < -0.39 is 7.32 Å². The lowest BCUT2D eigenvalue weighted by molar-refractivity contribution is 0.184. The molecule has 92 valence electrons. The van der Waals surface area contributed by atoms with Crippen LogP contribution in [0.15, 0.2) is 59.1 Å². The summed E-state index contributed by atoms with van der Waals surface area (Å²) in [6.45, 7) is 0.293. The van der Waals surface area contributed by atoms with E-state index in [-0.39, 0.29) is 0 Å². The molecule has 0 aliphatic carbocycles. The highest BCUT2D eigenvalue weighted by Gasteiger charge is 2.17. The van der Waals surface area contributed by atoms with Crippen molar-refractivity contribution >= 4 is 23.3 Å². The highest BCUT2D eigenvalue weighted by molar-refractivity contribution is 9.10. The summed E-state index contributed by atoms with van der Waals surface area (Å²) >= 11 is 3.35. The molecule has 0 bridgehead atoms. The molecule has 0 amide bonds. The van der Waals surface area contributed by atoms with Gasteiger partial charge in [0.05, 0.1) is 6.61 Å². The largest absolute Gasteiger partial charge is 0.710 e. The fourth-order valence-corrected chi connectivity index (χ4v) is 1.66. The van der Waals surface area contributed by atoms with Crippen LogP contribution in [0.5, 0.6) is 5.75 Å². The van der Waals surface area contributed by atoms with Crippen molar-refractivity contribution in [2.75, 3.05) is 0 Å². The van der Waals surface area contributed by atoms with E-state index in [0.717, 1.165) is 10.0 Å². The molecule has 0 unspecified atom stereocenters. The molecule has 0 radical (unpaired) electrons. The van der Waals surface area contributed by atoms with E-state index in [0.29, 0.717) is 12.4 Å². The van der Waals surface area contributed by atoms with Crippen LogP contribution in [-0.4, -0.2) is 12.3 Å². The van der Waals surface area contributed by atoms with Crippen LogP contribution < -0.4 is 4.65 Å². The van der Waals surface area contributed by atoms with E-state index in [1.165, 1.54) is 0 Å². The van der Waals surface area contributed by atoms with Crippen molar-refractivity contribution in [1.29, 1.82) is 0 Å². The standard InChI is InChI=1S/C13H12BBrO3/c15-12-8-6-11(7-9-12)10-17-14(16)18-13-4-2-1-3-5-13/h1-9,16H,10H2. The van der Waals surface area contributed by atoms with Gasteiger partial charge in [-0.05, 0) is 29.8 Å². The van der Waals surface area contributed by atoms with Gasteiger partial charge in [0.15, 0.2) is 0 Å². The number of hydrogen-bond acceptors (Lipinski definition) is 3. The zero-order valence-corrected chi connectivity index (χ0v) is 11.2. The van der Waals surface area contributed by atoms with Crippen molar-refractivity contribution in [1.82, 2.24) is 0 Å². The quantitative estimate of drug-likeness (QED) is 0.863. The lowest BCUT2D eigenvalue weighted by Gasteiger charge is -2.09. The number of para-hydroxylation sites is 1.